The Hall–Kier alpha value is -1.82. The van der Waals surface area contributed by atoms with Crippen molar-refractivity contribution in [2.45, 2.75) is 17.7 Å². The van der Waals surface area contributed by atoms with E-state index >= 15 is 0 Å². The maximum atomic E-state index is 14.3. The smallest absolute Gasteiger partial charge is 0.326 e. The number of rotatable bonds is 5. The van der Waals surface area contributed by atoms with Gasteiger partial charge in [0.2, 0.25) is 4.80 Å². The first-order valence-corrected chi connectivity index (χ1v) is 10.9. The van der Waals surface area contributed by atoms with Crippen LogP contribution in [0.1, 0.15) is 6.92 Å². The van der Waals surface area contributed by atoms with Gasteiger partial charge in [0.15, 0.2) is 5.82 Å². The molecule has 2 aromatic heterocycles. The Morgan fingerprint density at radius 3 is 2.67 bits per heavy atom. The second kappa shape index (κ2) is 7.66. The number of ether oxygens (including phenoxy) is 1. The van der Waals surface area contributed by atoms with Crippen molar-refractivity contribution in [2.75, 3.05) is 6.61 Å². The van der Waals surface area contributed by atoms with E-state index in [1.807, 2.05) is 0 Å². The molecule has 0 aliphatic heterocycles. The molecule has 2 heterocycles. The molecule has 0 fully saturated rings. The van der Waals surface area contributed by atoms with Crippen LogP contribution < -0.4 is 4.80 Å². The Kier molecular flexibility index (Phi) is 5.65. The van der Waals surface area contributed by atoms with Crippen molar-refractivity contribution in [3.8, 4) is 0 Å². The lowest BCUT2D eigenvalue weighted by Crippen LogP contribution is -2.23. The van der Waals surface area contributed by atoms with Gasteiger partial charge in [0, 0.05) is 6.07 Å². The predicted molar refractivity (Wildman–Crippen MR) is 98.4 cm³/mol. The van der Waals surface area contributed by atoms with Crippen LogP contribution in [0.3, 0.4) is 0 Å². The number of thiazole rings is 1. The molecule has 0 unspecified atom stereocenters. The lowest BCUT2D eigenvalue weighted by Gasteiger charge is -2.05. The molecule has 6 nitrogen and oxygen atoms in total. The second-order valence-corrected chi connectivity index (χ2v) is 9.69. The Balaban J connectivity index is 2.25. The van der Waals surface area contributed by atoms with E-state index in [0.717, 1.165) is 33.3 Å². The van der Waals surface area contributed by atoms with E-state index in [9.17, 15) is 22.0 Å². The highest BCUT2D eigenvalue weighted by atomic mass is 35.5. The second-order valence-electron chi connectivity index (χ2n) is 5.14. The van der Waals surface area contributed by atoms with E-state index in [2.05, 4.69) is 4.40 Å². The van der Waals surface area contributed by atoms with Gasteiger partial charge in [0.1, 0.15) is 16.6 Å². The fraction of sp³-hybridized carbons (Fsp3) is 0.200. The molecule has 0 aliphatic carbocycles. The number of esters is 1. The van der Waals surface area contributed by atoms with Crippen molar-refractivity contribution in [2.24, 2.45) is 4.40 Å². The fourth-order valence-corrected chi connectivity index (χ4v) is 6.00. The summed E-state index contributed by atoms with van der Waals surface area (Å²) >= 11 is 7.31. The summed E-state index contributed by atoms with van der Waals surface area (Å²) in [4.78, 5) is 11.7. The van der Waals surface area contributed by atoms with Crippen molar-refractivity contribution < 1.29 is 26.7 Å². The molecule has 144 valence electrons. The minimum atomic E-state index is -4.15. The van der Waals surface area contributed by atoms with E-state index in [-0.39, 0.29) is 30.2 Å². The zero-order valence-corrected chi connectivity index (χ0v) is 16.8. The largest absolute Gasteiger partial charge is 0.465 e. The summed E-state index contributed by atoms with van der Waals surface area (Å²) < 4.78 is 62.7. The van der Waals surface area contributed by atoms with Gasteiger partial charge in [-0.3, -0.25) is 4.79 Å². The zero-order chi connectivity index (χ0) is 19.8. The summed E-state index contributed by atoms with van der Waals surface area (Å²) in [6.45, 7) is 1.22. The van der Waals surface area contributed by atoms with Crippen LogP contribution in [0.15, 0.2) is 32.9 Å². The van der Waals surface area contributed by atoms with Crippen LogP contribution in [0.2, 0.25) is 4.34 Å². The number of carbonyl (C=O) groups is 1. The van der Waals surface area contributed by atoms with Gasteiger partial charge in [-0.05, 0) is 25.1 Å². The highest BCUT2D eigenvalue weighted by molar-refractivity contribution is 7.92. The predicted octanol–water partition coefficient (Wildman–Crippen LogP) is 3.55. The zero-order valence-electron chi connectivity index (χ0n) is 13.6. The molecule has 1 aromatic carbocycles. The Morgan fingerprint density at radius 1 is 1.30 bits per heavy atom. The molecular weight excluding hydrogens is 442 g/mol. The number of hydrogen-bond donors (Lipinski definition) is 0. The Morgan fingerprint density at radius 2 is 2.04 bits per heavy atom. The van der Waals surface area contributed by atoms with Crippen LogP contribution in [0.5, 0.6) is 0 Å². The van der Waals surface area contributed by atoms with Gasteiger partial charge in [-0.1, -0.05) is 22.9 Å². The van der Waals surface area contributed by atoms with Gasteiger partial charge in [-0.15, -0.1) is 15.7 Å². The molecule has 12 heteroatoms. The lowest BCUT2D eigenvalue weighted by molar-refractivity contribution is -0.143. The number of benzene rings is 1. The quantitative estimate of drug-likeness (QED) is 0.555. The average Bonchev–Trinajstić information content (AvgIpc) is 3.12. The van der Waals surface area contributed by atoms with Crippen LogP contribution >= 0.6 is 34.3 Å². The molecule has 27 heavy (non-hydrogen) atoms. The summed E-state index contributed by atoms with van der Waals surface area (Å²) in [6, 6.07) is 4.38. The maximum Gasteiger partial charge on any atom is 0.326 e. The molecule has 0 bridgehead atoms. The SMILES string of the molecule is CCOC(=O)Cn1c(=NS(=O)(=O)c2ccc(Cl)s2)sc2cc(F)cc(F)c21. The number of nitrogens with zero attached hydrogens (tertiary/aromatic N) is 2. The number of sulfonamides is 1. The normalized spacial score (nSPS) is 12.7. The molecule has 0 N–H and O–H groups in total. The van der Waals surface area contributed by atoms with Crippen LogP contribution in [0.25, 0.3) is 10.2 Å². The summed E-state index contributed by atoms with van der Waals surface area (Å²) in [6.07, 6.45) is 0. The fourth-order valence-electron chi connectivity index (χ4n) is 2.27. The minimum Gasteiger partial charge on any atom is -0.465 e. The first-order chi connectivity index (χ1) is 12.7. The lowest BCUT2D eigenvalue weighted by atomic mass is 10.3. The first kappa shape index (κ1) is 19.9. The molecule has 0 saturated heterocycles. The number of carbonyl (C=O) groups excluding carboxylic acids is 1. The van der Waals surface area contributed by atoms with Crippen molar-refractivity contribution in [3.63, 3.8) is 0 Å². The van der Waals surface area contributed by atoms with Gasteiger partial charge in [-0.25, -0.2) is 8.78 Å². The minimum absolute atomic E-state index is 0.0943. The maximum absolute atomic E-state index is 14.3. The van der Waals surface area contributed by atoms with Gasteiger partial charge >= 0.3 is 5.97 Å². The van der Waals surface area contributed by atoms with Crippen molar-refractivity contribution in [1.82, 2.24) is 4.57 Å². The Labute approximate surface area is 165 Å². The molecule has 3 rings (SSSR count). The highest BCUT2D eigenvalue weighted by Gasteiger charge is 2.20. The topological polar surface area (TPSA) is 77.7 Å². The Bertz CT molecular complexity index is 1200. The van der Waals surface area contributed by atoms with Gasteiger partial charge < -0.3 is 9.30 Å². The van der Waals surface area contributed by atoms with Crippen LogP contribution in [0.4, 0.5) is 8.78 Å². The number of thiophene rings is 1. The van der Waals surface area contributed by atoms with Crippen molar-refractivity contribution in [3.05, 3.63) is 45.0 Å². The molecule has 0 aliphatic rings. The van der Waals surface area contributed by atoms with E-state index in [1.165, 1.54) is 12.1 Å². The van der Waals surface area contributed by atoms with E-state index in [0.29, 0.717) is 6.07 Å². The molecule has 0 saturated carbocycles. The third-order valence-electron chi connectivity index (χ3n) is 3.29. The highest BCUT2D eigenvalue weighted by Crippen LogP contribution is 2.27. The van der Waals surface area contributed by atoms with Crippen LogP contribution in [-0.2, 0) is 26.1 Å². The number of aromatic nitrogens is 1. The van der Waals surface area contributed by atoms with E-state index < -0.39 is 34.2 Å². The first-order valence-electron chi connectivity index (χ1n) is 7.41. The van der Waals surface area contributed by atoms with Gasteiger partial charge in [0.05, 0.1) is 21.2 Å². The summed E-state index contributed by atoms with van der Waals surface area (Å²) in [5.74, 6) is -2.48. The molecule has 0 atom stereocenters. The third-order valence-corrected chi connectivity index (χ3v) is 7.40. The van der Waals surface area contributed by atoms with E-state index in [1.54, 1.807) is 6.92 Å². The molecule has 0 radical (unpaired) electrons. The summed E-state index contributed by atoms with van der Waals surface area (Å²) in [5.41, 5.74) is -0.132. The number of hydrogen-bond acceptors (Lipinski definition) is 6. The number of fused-ring (bicyclic) bond motifs is 1. The number of halogens is 3. The van der Waals surface area contributed by atoms with E-state index in [4.69, 9.17) is 16.3 Å². The van der Waals surface area contributed by atoms with Crippen molar-refractivity contribution >= 4 is 60.5 Å². The standard InChI is InChI=1S/C15H11ClF2N2O4S3/c1-2-24-12(21)7-20-14-9(18)5-8(17)6-10(14)25-15(20)19-27(22,23)13-4-3-11(16)26-13/h3-6H,2,7H2,1H3. The molecular formula is C15H11ClF2N2O4S3. The molecule has 3 aromatic rings. The summed E-state index contributed by atoms with van der Waals surface area (Å²) in [5, 5.41) is 0. The van der Waals surface area contributed by atoms with Crippen LogP contribution in [-0.4, -0.2) is 25.6 Å². The third kappa shape index (κ3) is 4.21. The van der Waals surface area contributed by atoms with Crippen LogP contribution in [0, 0.1) is 11.6 Å². The van der Waals surface area contributed by atoms with Gasteiger partial charge in [0.25, 0.3) is 10.0 Å². The monoisotopic (exact) mass is 452 g/mol. The average molecular weight is 453 g/mol. The van der Waals surface area contributed by atoms with Gasteiger partial charge in [-0.2, -0.15) is 8.42 Å². The van der Waals surface area contributed by atoms with Crippen molar-refractivity contribution in [1.29, 1.82) is 0 Å². The summed E-state index contributed by atoms with van der Waals surface area (Å²) in [7, 11) is -4.15. The molecule has 0 spiro atoms. The molecule has 0 amide bonds.